The van der Waals surface area contributed by atoms with Gasteiger partial charge in [-0.3, -0.25) is 4.68 Å². The number of sulfonamides is 1. The number of hydrogen-bond acceptors (Lipinski definition) is 10. The molecule has 2 aliphatic heterocycles. The van der Waals surface area contributed by atoms with E-state index in [4.69, 9.17) is 9.47 Å². The number of nitrogens with zero attached hydrogens (tertiary/aromatic N) is 6. The van der Waals surface area contributed by atoms with Crippen LogP contribution in [-0.2, 0) is 21.8 Å². The van der Waals surface area contributed by atoms with Crippen LogP contribution >= 0.6 is 0 Å². The van der Waals surface area contributed by atoms with Crippen LogP contribution in [0.3, 0.4) is 0 Å². The summed E-state index contributed by atoms with van der Waals surface area (Å²) in [6.45, 7) is 1.81. The average molecular weight is 496 g/mol. The van der Waals surface area contributed by atoms with Crippen molar-refractivity contribution in [3.63, 3.8) is 0 Å². The molecule has 0 radical (unpaired) electrons. The van der Waals surface area contributed by atoms with E-state index in [1.54, 1.807) is 14.0 Å². The number of aliphatic hydroxyl groups is 1. The summed E-state index contributed by atoms with van der Waals surface area (Å²) in [5.41, 5.74) is -1.19. The Balaban J connectivity index is 1.45. The minimum atomic E-state index is -3.85. The SMILES string of the molecule is Cn1cc(S(=O)(=O)N2CC[C@@H](Nc3ncc(C#N)c(O[C@H]4CCOC[C@@]4(C)O)n3)[C@H](F)C2)cn1. The molecule has 2 fully saturated rings. The molecule has 0 amide bonds. The molecule has 0 aliphatic carbocycles. The van der Waals surface area contributed by atoms with Gasteiger partial charge in [-0.05, 0) is 13.3 Å². The molecule has 4 rings (SSSR count). The number of nitriles is 1. The molecular weight excluding hydrogens is 469 g/mol. The molecule has 2 aromatic rings. The lowest BCUT2D eigenvalue weighted by molar-refractivity contribution is -0.139. The van der Waals surface area contributed by atoms with Gasteiger partial charge in [0.05, 0.1) is 31.6 Å². The number of aromatic nitrogens is 4. The molecule has 12 nitrogen and oxygen atoms in total. The zero-order valence-electron chi connectivity index (χ0n) is 18.8. The smallest absolute Gasteiger partial charge is 0.246 e. The monoisotopic (exact) mass is 495 g/mol. The van der Waals surface area contributed by atoms with Crippen LogP contribution < -0.4 is 10.1 Å². The van der Waals surface area contributed by atoms with E-state index in [0.717, 1.165) is 4.31 Å². The van der Waals surface area contributed by atoms with E-state index in [0.29, 0.717) is 13.0 Å². The Morgan fingerprint density at radius 1 is 1.41 bits per heavy atom. The van der Waals surface area contributed by atoms with Crippen molar-refractivity contribution in [2.24, 2.45) is 7.05 Å². The Labute approximate surface area is 196 Å². The van der Waals surface area contributed by atoms with Crippen LogP contribution in [-0.4, -0.2) is 87.8 Å². The maximum Gasteiger partial charge on any atom is 0.246 e. The second-order valence-electron chi connectivity index (χ2n) is 8.60. The summed E-state index contributed by atoms with van der Waals surface area (Å²) >= 11 is 0. The third-order valence-electron chi connectivity index (χ3n) is 5.88. The summed E-state index contributed by atoms with van der Waals surface area (Å²) in [6.07, 6.45) is 2.26. The van der Waals surface area contributed by atoms with Gasteiger partial charge in [0.25, 0.3) is 0 Å². The van der Waals surface area contributed by atoms with Crippen molar-refractivity contribution in [1.82, 2.24) is 24.1 Å². The van der Waals surface area contributed by atoms with Gasteiger partial charge >= 0.3 is 0 Å². The molecule has 2 aromatic heterocycles. The molecule has 0 spiro atoms. The molecule has 34 heavy (non-hydrogen) atoms. The second kappa shape index (κ2) is 9.41. The minimum Gasteiger partial charge on any atom is -0.470 e. The lowest BCUT2D eigenvalue weighted by atomic mass is 9.95. The highest BCUT2D eigenvalue weighted by Crippen LogP contribution is 2.28. The van der Waals surface area contributed by atoms with Crippen LogP contribution in [0.5, 0.6) is 5.88 Å². The number of nitrogens with one attached hydrogen (secondary N) is 1. The maximum atomic E-state index is 15.0. The fourth-order valence-corrected chi connectivity index (χ4v) is 5.35. The molecule has 0 unspecified atom stereocenters. The summed E-state index contributed by atoms with van der Waals surface area (Å²) in [5.74, 6) is 0.0103. The fraction of sp³-hybridized carbons (Fsp3) is 0.600. The molecule has 2 N–H and O–H groups in total. The predicted octanol–water partition coefficient (Wildman–Crippen LogP) is 0.214. The van der Waals surface area contributed by atoms with Gasteiger partial charge in [0.15, 0.2) is 0 Å². The molecule has 184 valence electrons. The van der Waals surface area contributed by atoms with Crippen molar-refractivity contribution in [3.8, 4) is 11.9 Å². The maximum absolute atomic E-state index is 15.0. The van der Waals surface area contributed by atoms with E-state index in [1.807, 2.05) is 6.07 Å². The van der Waals surface area contributed by atoms with Crippen LogP contribution in [0.4, 0.5) is 10.3 Å². The zero-order chi connectivity index (χ0) is 24.5. The highest BCUT2D eigenvalue weighted by atomic mass is 32.2. The number of alkyl halides is 1. The Morgan fingerprint density at radius 2 is 2.21 bits per heavy atom. The van der Waals surface area contributed by atoms with Crippen LogP contribution in [0, 0.1) is 11.3 Å². The summed E-state index contributed by atoms with van der Waals surface area (Å²) in [6, 6.07) is 1.20. The highest BCUT2D eigenvalue weighted by molar-refractivity contribution is 7.89. The largest absolute Gasteiger partial charge is 0.470 e. The Kier molecular flexibility index (Phi) is 6.72. The van der Waals surface area contributed by atoms with Crippen molar-refractivity contribution >= 4 is 16.0 Å². The van der Waals surface area contributed by atoms with Crippen LogP contribution in [0.2, 0.25) is 0 Å². The number of ether oxygens (including phenoxy) is 2. The third-order valence-corrected chi connectivity index (χ3v) is 7.70. The first kappa shape index (κ1) is 24.3. The van der Waals surface area contributed by atoms with Crippen molar-refractivity contribution in [1.29, 1.82) is 5.26 Å². The number of anilines is 1. The van der Waals surface area contributed by atoms with Gasteiger partial charge < -0.3 is 19.9 Å². The van der Waals surface area contributed by atoms with Gasteiger partial charge in [-0.1, -0.05) is 0 Å². The zero-order valence-corrected chi connectivity index (χ0v) is 19.6. The molecule has 2 aliphatic rings. The average Bonchev–Trinajstić information content (AvgIpc) is 3.24. The number of aryl methyl sites for hydroxylation is 1. The molecular formula is C20H26FN7O5S. The van der Waals surface area contributed by atoms with Gasteiger partial charge in [-0.25, -0.2) is 17.8 Å². The topological polar surface area (TPSA) is 155 Å². The molecule has 0 bridgehead atoms. The first-order chi connectivity index (χ1) is 16.1. The summed E-state index contributed by atoms with van der Waals surface area (Å²) in [4.78, 5) is 8.30. The van der Waals surface area contributed by atoms with Gasteiger partial charge in [-0.15, -0.1) is 0 Å². The fourth-order valence-electron chi connectivity index (χ4n) is 3.90. The standard InChI is InChI=1S/C20H26FN7O5S/c1-20(29)12-32-6-4-17(20)33-18-13(7-22)8-23-19(26-18)25-16-3-5-28(11-15(16)21)34(30,31)14-9-24-27(2)10-14/h8-10,15-17,29H,3-6,11-12H2,1-2H3,(H,23,25,26)/t15-,16-,17+,20-/m1/s1. The molecule has 2 saturated heterocycles. The minimum absolute atomic E-state index is 0.00909. The van der Waals surface area contributed by atoms with Gasteiger partial charge in [-0.2, -0.15) is 19.6 Å². The van der Waals surface area contributed by atoms with Crippen LogP contribution in [0.25, 0.3) is 0 Å². The normalized spacial score (nSPS) is 28.3. The van der Waals surface area contributed by atoms with E-state index in [1.165, 1.54) is 23.3 Å². The molecule has 4 atom stereocenters. The molecule has 0 aromatic carbocycles. The Hall–Kier alpha value is -2.86. The third kappa shape index (κ3) is 4.97. The summed E-state index contributed by atoms with van der Waals surface area (Å²) in [5, 5.41) is 26.6. The predicted molar refractivity (Wildman–Crippen MR) is 116 cm³/mol. The van der Waals surface area contributed by atoms with Gasteiger partial charge in [0.2, 0.25) is 21.9 Å². The lowest BCUT2D eigenvalue weighted by Gasteiger charge is -2.36. The number of hydrogen-bond donors (Lipinski definition) is 2. The Bertz CT molecular complexity index is 1180. The van der Waals surface area contributed by atoms with E-state index in [9.17, 15) is 23.2 Å². The first-order valence-electron chi connectivity index (χ1n) is 10.7. The Morgan fingerprint density at radius 3 is 2.85 bits per heavy atom. The van der Waals surface area contributed by atoms with Gasteiger partial charge in [0.1, 0.15) is 34.4 Å². The second-order valence-corrected chi connectivity index (χ2v) is 10.5. The number of piperidine rings is 1. The molecule has 4 heterocycles. The summed E-state index contributed by atoms with van der Waals surface area (Å²) < 4.78 is 54.1. The van der Waals surface area contributed by atoms with Crippen molar-refractivity contribution < 1.29 is 27.4 Å². The van der Waals surface area contributed by atoms with Crippen molar-refractivity contribution in [3.05, 3.63) is 24.2 Å². The number of rotatable bonds is 6. The van der Waals surface area contributed by atoms with Crippen molar-refractivity contribution in [2.45, 2.75) is 48.6 Å². The summed E-state index contributed by atoms with van der Waals surface area (Å²) in [7, 11) is -2.25. The highest BCUT2D eigenvalue weighted by Gasteiger charge is 2.39. The quantitative estimate of drug-likeness (QED) is 0.568. The van der Waals surface area contributed by atoms with Crippen molar-refractivity contribution in [2.75, 3.05) is 31.6 Å². The molecule has 14 heteroatoms. The van der Waals surface area contributed by atoms with Gasteiger partial charge in [0, 0.05) is 32.8 Å². The molecule has 0 saturated carbocycles. The van der Waals surface area contributed by atoms with Crippen LogP contribution in [0.1, 0.15) is 25.3 Å². The van der Waals surface area contributed by atoms with E-state index < -0.39 is 33.9 Å². The van der Waals surface area contributed by atoms with E-state index >= 15 is 0 Å². The van der Waals surface area contributed by atoms with E-state index in [2.05, 4.69) is 20.4 Å². The van der Waals surface area contributed by atoms with E-state index in [-0.39, 0.29) is 48.4 Å². The van der Waals surface area contributed by atoms with Crippen LogP contribution in [0.15, 0.2) is 23.5 Å². The first-order valence-corrected chi connectivity index (χ1v) is 12.2. The lowest BCUT2D eigenvalue weighted by Crippen LogP contribution is -2.51. The number of halogens is 1.